The van der Waals surface area contributed by atoms with Crippen molar-refractivity contribution in [2.75, 3.05) is 0 Å². The summed E-state index contributed by atoms with van der Waals surface area (Å²) in [6.45, 7) is 5.30. The van der Waals surface area contributed by atoms with Crippen LogP contribution < -0.4 is 5.32 Å². The first-order valence-corrected chi connectivity index (χ1v) is 6.30. The summed E-state index contributed by atoms with van der Waals surface area (Å²) >= 11 is 0. The Kier molecular flexibility index (Phi) is 6.08. The standard InChI is InChI=1S/C12H24N4/c1-4-5-6-7-8-11(2)13-9-12-15-14-10-16(12)3/h10-11,13H,4-9H2,1-3H3. The van der Waals surface area contributed by atoms with Crippen LogP contribution in [0.15, 0.2) is 6.33 Å². The van der Waals surface area contributed by atoms with Crippen LogP contribution in [0.4, 0.5) is 0 Å². The highest BCUT2D eigenvalue weighted by molar-refractivity contribution is 4.83. The average Bonchev–Trinajstić information content (AvgIpc) is 2.67. The van der Waals surface area contributed by atoms with Crippen LogP contribution >= 0.6 is 0 Å². The van der Waals surface area contributed by atoms with Crippen molar-refractivity contribution in [2.24, 2.45) is 7.05 Å². The van der Waals surface area contributed by atoms with Crippen LogP contribution in [0.3, 0.4) is 0 Å². The first-order chi connectivity index (χ1) is 7.74. The predicted octanol–water partition coefficient (Wildman–Crippen LogP) is 2.26. The molecule has 4 nitrogen and oxygen atoms in total. The largest absolute Gasteiger partial charge is 0.320 e. The minimum atomic E-state index is 0.563. The summed E-state index contributed by atoms with van der Waals surface area (Å²) in [4.78, 5) is 0. The van der Waals surface area contributed by atoms with E-state index in [9.17, 15) is 0 Å². The summed E-state index contributed by atoms with van der Waals surface area (Å²) in [7, 11) is 1.98. The number of hydrogen-bond acceptors (Lipinski definition) is 3. The molecule has 0 fully saturated rings. The van der Waals surface area contributed by atoms with Gasteiger partial charge in [0.1, 0.15) is 12.2 Å². The minimum Gasteiger partial charge on any atom is -0.320 e. The molecule has 0 bridgehead atoms. The molecule has 1 atom stereocenters. The lowest BCUT2D eigenvalue weighted by Gasteiger charge is -2.12. The van der Waals surface area contributed by atoms with Crippen molar-refractivity contribution in [3.8, 4) is 0 Å². The van der Waals surface area contributed by atoms with Crippen LogP contribution in [0.1, 0.15) is 51.8 Å². The second-order valence-corrected chi connectivity index (χ2v) is 4.49. The average molecular weight is 224 g/mol. The van der Waals surface area contributed by atoms with E-state index in [1.807, 2.05) is 11.6 Å². The van der Waals surface area contributed by atoms with Crippen molar-refractivity contribution < 1.29 is 0 Å². The Hall–Kier alpha value is -0.900. The molecule has 1 aromatic heterocycles. The van der Waals surface area contributed by atoms with E-state index in [1.54, 1.807) is 6.33 Å². The first kappa shape index (κ1) is 13.2. The van der Waals surface area contributed by atoms with Crippen molar-refractivity contribution in [3.63, 3.8) is 0 Å². The van der Waals surface area contributed by atoms with Crippen molar-refractivity contribution in [2.45, 2.75) is 58.5 Å². The van der Waals surface area contributed by atoms with Gasteiger partial charge >= 0.3 is 0 Å². The second-order valence-electron chi connectivity index (χ2n) is 4.49. The van der Waals surface area contributed by atoms with E-state index in [4.69, 9.17) is 0 Å². The highest BCUT2D eigenvalue weighted by Crippen LogP contribution is 2.05. The molecule has 1 aromatic rings. The van der Waals surface area contributed by atoms with Gasteiger partial charge in [-0.3, -0.25) is 0 Å². The Morgan fingerprint density at radius 3 is 2.81 bits per heavy atom. The molecule has 0 aromatic carbocycles. The van der Waals surface area contributed by atoms with E-state index in [0.29, 0.717) is 6.04 Å². The van der Waals surface area contributed by atoms with Crippen molar-refractivity contribution in [1.29, 1.82) is 0 Å². The molecule has 1 unspecified atom stereocenters. The lowest BCUT2D eigenvalue weighted by Crippen LogP contribution is -2.26. The van der Waals surface area contributed by atoms with Crippen molar-refractivity contribution in [1.82, 2.24) is 20.1 Å². The van der Waals surface area contributed by atoms with Gasteiger partial charge in [-0.25, -0.2) is 0 Å². The van der Waals surface area contributed by atoms with E-state index >= 15 is 0 Å². The number of unbranched alkanes of at least 4 members (excludes halogenated alkanes) is 3. The molecule has 0 amide bonds. The fraction of sp³-hybridized carbons (Fsp3) is 0.833. The molecule has 92 valence electrons. The predicted molar refractivity (Wildman–Crippen MR) is 66.1 cm³/mol. The van der Waals surface area contributed by atoms with Gasteiger partial charge in [0.15, 0.2) is 0 Å². The number of aryl methyl sites for hydroxylation is 1. The van der Waals surface area contributed by atoms with Crippen LogP contribution in [0.5, 0.6) is 0 Å². The van der Waals surface area contributed by atoms with Crippen molar-refractivity contribution in [3.05, 3.63) is 12.2 Å². The van der Waals surface area contributed by atoms with Gasteiger partial charge in [-0.15, -0.1) is 10.2 Å². The molecule has 0 aliphatic carbocycles. The highest BCUT2D eigenvalue weighted by Gasteiger charge is 2.04. The molecule has 0 spiro atoms. The molecule has 1 N–H and O–H groups in total. The maximum absolute atomic E-state index is 4.05. The van der Waals surface area contributed by atoms with Crippen LogP contribution in [0.25, 0.3) is 0 Å². The lowest BCUT2D eigenvalue weighted by atomic mass is 10.1. The summed E-state index contributed by atoms with van der Waals surface area (Å²) in [5, 5.41) is 11.4. The Labute approximate surface area is 98.5 Å². The first-order valence-electron chi connectivity index (χ1n) is 6.30. The molecular formula is C12H24N4. The molecule has 1 rings (SSSR count). The molecule has 0 aliphatic heterocycles. The van der Waals surface area contributed by atoms with Gasteiger partial charge in [-0.2, -0.15) is 0 Å². The number of nitrogens with zero attached hydrogens (tertiary/aromatic N) is 3. The molecule has 0 radical (unpaired) electrons. The van der Waals surface area contributed by atoms with E-state index in [-0.39, 0.29) is 0 Å². The summed E-state index contributed by atoms with van der Waals surface area (Å²) < 4.78 is 1.96. The molecular weight excluding hydrogens is 200 g/mol. The third kappa shape index (κ3) is 4.75. The van der Waals surface area contributed by atoms with Gasteiger partial charge in [0.2, 0.25) is 0 Å². The fourth-order valence-electron chi connectivity index (χ4n) is 1.71. The van der Waals surface area contributed by atoms with Crippen LogP contribution in [-0.2, 0) is 13.6 Å². The Morgan fingerprint density at radius 1 is 1.38 bits per heavy atom. The zero-order chi connectivity index (χ0) is 11.8. The van der Waals surface area contributed by atoms with Crippen molar-refractivity contribution >= 4 is 0 Å². The molecule has 4 heteroatoms. The Bertz CT molecular complexity index is 282. The fourth-order valence-corrected chi connectivity index (χ4v) is 1.71. The zero-order valence-electron chi connectivity index (χ0n) is 10.7. The quantitative estimate of drug-likeness (QED) is 0.689. The third-order valence-corrected chi connectivity index (χ3v) is 2.90. The van der Waals surface area contributed by atoms with Gasteiger partial charge in [0.25, 0.3) is 0 Å². The second kappa shape index (κ2) is 7.39. The number of rotatable bonds is 8. The molecule has 1 heterocycles. The summed E-state index contributed by atoms with van der Waals surface area (Å²) in [6.07, 6.45) is 8.32. The van der Waals surface area contributed by atoms with Crippen LogP contribution in [0.2, 0.25) is 0 Å². The Morgan fingerprint density at radius 2 is 2.19 bits per heavy atom. The van der Waals surface area contributed by atoms with Gasteiger partial charge in [0, 0.05) is 13.1 Å². The number of aromatic nitrogens is 3. The number of nitrogens with one attached hydrogen (secondary N) is 1. The minimum absolute atomic E-state index is 0.563. The van der Waals surface area contributed by atoms with Gasteiger partial charge in [0.05, 0.1) is 6.54 Å². The van der Waals surface area contributed by atoms with Crippen LogP contribution in [-0.4, -0.2) is 20.8 Å². The molecule has 16 heavy (non-hydrogen) atoms. The normalized spacial score (nSPS) is 12.9. The zero-order valence-corrected chi connectivity index (χ0v) is 10.7. The van der Waals surface area contributed by atoms with Gasteiger partial charge < -0.3 is 9.88 Å². The van der Waals surface area contributed by atoms with E-state index in [0.717, 1.165) is 12.4 Å². The summed E-state index contributed by atoms with van der Waals surface area (Å²) in [6, 6.07) is 0.563. The van der Waals surface area contributed by atoms with E-state index < -0.39 is 0 Å². The smallest absolute Gasteiger partial charge is 0.146 e. The molecule has 0 saturated heterocycles. The van der Waals surface area contributed by atoms with Crippen LogP contribution in [0, 0.1) is 0 Å². The maximum Gasteiger partial charge on any atom is 0.146 e. The topological polar surface area (TPSA) is 42.7 Å². The summed E-state index contributed by atoms with van der Waals surface area (Å²) in [5.41, 5.74) is 0. The van der Waals surface area contributed by atoms with E-state index in [1.165, 1.54) is 32.1 Å². The van der Waals surface area contributed by atoms with E-state index in [2.05, 4.69) is 29.4 Å². The lowest BCUT2D eigenvalue weighted by molar-refractivity contribution is 0.472. The molecule has 0 aliphatic rings. The van der Waals surface area contributed by atoms with Gasteiger partial charge in [-0.05, 0) is 13.3 Å². The number of hydrogen-bond donors (Lipinski definition) is 1. The molecule has 0 saturated carbocycles. The van der Waals surface area contributed by atoms with Gasteiger partial charge in [-0.1, -0.05) is 32.6 Å². The monoisotopic (exact) mass is 224 g/mol. The maximum atomic E-state index is 4.05. The summed E-state index contributed by atoms with van der Waals surface area (Å²) in [5.74, 6) is 1.00. The highest BCUT2D eigenvalue weighted by atomic mass is 15.3. The SMILES string of the molecule is CCCCCCC(C)NCc1nncn1C. The Balaban J connectivity index is 2.10. The third-order valence-electron chi connectivity index (χ3n) is 2.90.